The largest absolute Gasteiger partial charge is 0.465 e. The number of hydrogen-bond acceptors (Lipinski definition) is 3. The summed E-state index contributed by atoms with van der Waals surface area (Å²) in [6, 6.07) is 13.6. The molecule has 0 radical (unpaired) electrons. The number of carbonyl (C=O) groups excluding carboxylic acids is 1. The van der Waals surface area contributed by atoms with E-state index in [2.05, 4.69) is 36.6 Å². The van der Waals surface area contributed by atoms with E-state index >= 15 is 0 Å². The summed E-state index contributed by atoms with van der Waals surface area (Å²) >= 11 is 5.41. The van der Waals surface area contributed by atoms with Crippen LogP contribution in [-0.2, 0) is 4.74 Å². The molecule has 0 unspecified atom stereocenters. The molecular weight excluding hydrogens is 320 g/mol. The molecule has 4 nitrogen and oxygen atoms in total. The van der Waals surface area contributed by atoms with E-state index in [0.717, 1.165) is 11.3 Å². The Bertz CT molecular complexity index is 759. The van der Waals surface area contributed by atoms with Crippen LogP contribution in [0.2, 0.25) is 0 Å². The minimum atomic E-state index is -0.370. The third-order valence-corrected chi connectivity index (χ3v) is 4.13. The molecule has 2 aromatic rings. The molecule has 24 heavy (non-hydrogen) atoms. The number of rotatable bonds is 4. The summed E-state index contributed by atoms with van der Waals surface area (Å²) in [5.41, 5.74) is 4.67. The van der Waals surface area contributed by atoms with E-state index in [1.165, 1.54) is 18.2 Å². The molecule has 0 bridgehead atoms. The van der Waals surface area contributed by atoms with Crippen molar-refractivity contribution >= 4 is 29.0 Å². The van der Waals surface area contributed by atoms with E-state index in [4.69, 9.17) is 17.0 Å². The van der Waals surface area contributed by atoms with Crippen molar-refractivity contribution in [2.45, 2.75) is 26.8 Å². The Morgan fingerprint density at radius 3 is 2.50 bits per heavy atom. The van der Waals surface area contributed by atoms with Gasteiger partial charge in [0, 0.05) is 5.69 Å². The summed E-state index contributed by atoms with van der Waals surface area (Å²) < 4.78 is 4.76. The molecule has 0 aliphatic carbocycles. The number of hydrogen-bond donors (Lipinski definition) is 2. The first-order valence-electron chi connectivity index (χ1n) is 7.74. The summed E-state index contributed by atoms with van der Waals surface area (Å²) in [6.07, 6.45) is 0. The van der Waals surface area contributed by atoms with Crippen molar-refractivity contribution in [3.63, 3.8) is 0 Å². The second-order valence-electron chi connectivity index (χ2n) is 5.70. The highest BCUT2D eigenvalue weighted by Crippen LogP contribution is 2.19. The van der Waals surface area contributed by atoms with E-state index < -0.39 is 0 Å². The van der Waals surface area contributed by atoms with Crippen molar-refractivity contribution in [2.75, 3.05) is 12.4 Å². The minimum Gasteiger partial charge on any atom is -0.465 e. The second kappa shape index (κ2) is 7.93. The summed E-state index contributed by atoms with van der Waals surface area (Å²) in [5.74, 6) is -0.370. The zero-order valence-electron chi connectivity index (χ0n) is 14.3. The van der Waals surface area contributed by atoms with Gasteiger partial charge in [0.25, 0.3) is 0 Å². The van der Waals surface area contributed by atoms with Crippen LogP contribution in [0.4, 0.5) is 5.69 Å². The molecule has 2 N–H and O–H groups in total. The van der Waals surface area contributed by atoms with Gasteiger partial charge in [0.15, 0.2) is 5.11 Å². The standard InChI is InChI=1S/C19H22N2O2S/c1-12-7-5-6-8-16(12)14(3)20-19(24)21-17-11-15(18(22)23-4)10-9-13(17)2/h5-11,14H,1-4H3,(H2,20,21,24)/t14-/m1/s1. The van der Waals surface area contributed by atoms with Crippen LogP contribution in [0.3, 0.4) is 0 Å². The number of anilines is 1. The molecule has 5 heteroatoms. The van der Waals surface area contributed by atoms with Crippen LogP contribution in [0.25, 0.3) is 0 Å². The lowest BCUT2D eigenvalue weighted by molar-refractivity contribution is 0.0601. The van der Waals surface area contributed by atoms with Gasteiger partial charge in [0.2, 0.25) is 0 Å². The van der Waals surface area contributed by atoms with Gasteiger partial charge in [-0.1, -0.05) is 30.3 Å². The number of ether oxygens (including phenoxy) is 1. The van der Waals surface area contributed by atoms with E-state index in [9.17, 15) is 4.79 Å². The lowest BCUT2D eigenvalue weighted by atomic mass is 10.0. The van der Waals surface area contributed by atoms with Gasteiger partial charge in [0.05, 0.1) is 18.7 Å². The van der Waals surface area contributed by atoms with Gasteiger partial charge in [-0.05, 0) is 61.8 Å². The van der Waals surface area contributed by atoms with E-state index in [1.54, 1.807) is 12.1 Å². The van der Waals surface area contributed by atoms with Crippen LogP contribution in [0.1, 0.15) is 40.0 Å². The topological polar surface area (TPSA) is 50.4 Å². The molecule has 126 valence electrons. The Balaban J connectivity index is 2.10. The number of esters is 1. The summed E-state index contributed by atoms with van der Waals surface area (Å²) in [6.45, 7) is 6.10. The molecule has 1 atom stereocenters. The Kier molecular flexibility index (Phi) is 5.93. The highest BCUT2D eigenvalue weighted by Gasteiger charge is 2.12. The fraction of sp³-hybridized carbons (Fsp3) is 0.263. The average molecular weight is 342 g/mol. The van der Waals surface area contributed by atoms with Crippen molar-refractivity contribution in [2.24, 2.45) is 0 Å². The zero-order valence-corrected chi connectivity index (χ0v) is 15.2. The molecule has 2 rings (SSSR count). The molecule has 0 saturated carbocycles. The van der Waals surface area contributed by atoms with Gasteiger partial charge in [-0.15, -0.1) is 0 Å². The summed E-state index contributed by atoms with van der Waals surface area (Å²) in [5, 5.41) is 6.95. The number of carbonyl (C=O) groups is 1. The normalized spacial score (nSPS) is 11.5. The van der Waals surface area contributed by atoms with Crippen LogP contribution in [-0.4, -0.2) is 18.2 Å². The predicted octanol–water partition coefficient (Wildman–Crippen LogP) is 4.14. The third-order valence-electron chi connectivity index (χ3n) is 3.91. The highest BCUT2D eigenvalue weighted by atomic mass is 32.1. The Morgan fingerprint density at radius 1 is 1.12 bits per heavy atom. The second-order valence-corrected chi connectivity index (χ2v) is 6.11. The summed E-state index contributed by atoms with van der Waals surface area (Å²) in [4.78, 5) is 11.7. The average Bonchev–Trinajstić information content (AvgIpc) is 2.56. The molecule has 0 aliphatic rings. The van der Waals surface area contributed by atoms with E-state index in [-0.39, 0.29) is 12.0 Å². The van der Waals surface area contributed by atoms with Crippen molar-refractivity contribution in [1.29, 1.82) is 0 Å². The Hall–Kier alpha value is -2.40. The lowest BCUT2D eigenvalue weighted by Crippen LogP contribution is -2.31. The van der Waals surface area contributed by atoms with Gasteiger partial charge >= 0.3 is 5.97 Å². The van der Waals surface area contributed by atoms with Gasteiger partial charge in [0.1, 0.15) is 0 Å². The maximum Gasteiger partial charge on any atom is 0.337 e. The molecule has 0 heterocycles. The SMILES string of the molecule is COC(=O)c1ccc(C)c(NC(=S)N[C@H](C)c2ccccc2C)c1. The maximum absolute atomic E-state index is 11.7. The highest BCUT2D eigenvalue weighted by molar-refractivity contribution is 7.80. The molecule has 0 fully saturated rings. The van der Waals surface area contributed by atoms with Crippen molar-refractivity contribution in [1.82, 2.24) is 5.32 Å². The van der Waals surface area contributed by atoms with Crippen LogP contribution < -0.4 is 10.6 Å². The van der Waals surface area contributed by atoms with E-state index in [1.807, 2.05) is 25.1 Å². The van der Waals surface area contributed by atoms with Crippen molar-refractivity contribution < 1.29 is 9.53 Å². The van der Waals surface area contributed by atoms with Gasteiger partial charge < -0.3 is 15.4 Å². The van der Waals surface area contributed by atoms with Crippen LogP contribution >= 0.6 is 12.2 Å². The summed E-state index contributed by atoms with van der Waals surface area (Å²) in [7, 11) is 1.37. The molecule has 0 spiro atoms. The number of nitrogens with one attached hydrogen (secondary N) is 2. The first kappa shape index (κ1) is 17.9. The maximum atomic E-state index is 11.7. The number of aryl methyl sites for hydroxylation is 2. The smallest absolute Gasteiger partial charge is 0.337 e. The fourth-order valence-electron chi connectivity index (χ4n) is 2.51. The molecular formula is C19H22N2O2S. The molecule has 0 amide bonds. The van der Waals surface area contributed by atoms with Gasteiger partial charge in [-0.25, -0.2) is 4.79 Å². The molecule has 0 aromatic heterocycles. The quantitative estimate of drug-likeness (QED) is 0.646. The zero-order chi connectivity index (χ0) is 17.7. The van der Waals surface area contributed by atoms with Gasteiger partial charge in [-0.2, -0.15) is 0 Å². The Morgan fingerprint density at radius 2 is 1.83 bits per heavy atom. The first-order valence-corrected chi connectivity index (χ1v) is 8.15. The first-order chi connectivity index (χ1) is 11.4. The number of thiocarbonyl (C=S) groups is 1. The van der Waals surface area contributed by atoms with Crippen molar-refractivity contribution in [3.05, 3.63) is 64.7 Å². The predicted molar refractivity (Wildman–Crippen MR) is 101 cm³/mol. The molecule has 0 saturated heterocycles. The molecule has 2 aromatic carbocycles. The monoisotopic (exact) mass is 342 g/mol. The van der Waals surface area contributed by atoms with Crippen LogP contribution in [0, 0.1) is 13.8 Å². The fourth-order valence-corrected chi connectivity index (χ4v) is 2.79. The van der Waals surface area contributed by atoms with Crippen LogP contribution in [0.15, 0.2) is 42.5 Å². The van der Waals surface area contributed by atoms with E-state index in [0.29, 0.717) is 10.7 Å². The van der Waals surface area contributed by atoms with Gasteiger partial charge in [-0.3, -0.25) is 0 Å². The Labute approximate surface area is 148 Å². The van der Waals surface area contributed by atoms with Crippen molar-refractivity contribution in [3.8, 4) is 0 Å². The number of methoxy groups -OCH3 is 1. The van der Waals surface area contributed by atoms with Crippen LogP contribution in [0.5, 0.6) is 0 Å². The lowest BCUT2D eigenvalue weighted by Gasteiger charge is -2.20. The third kappa shape index (κ3) is 4.32. The minimum absolute atomic E-state index is 0.0790. The number of benzene rings is 2. The molecule has 0 aliphatic heterocycles.